The van der Waals surface area contributed by atoms with Gasteiger partial charge in [0, 0.05) is 7.11 Å². The first-order valence-electron chi connectivity index (χ1n) is 5.75. The maximum absolute atomic E-state index is 9.55. The van der Waals surface area contributed by atoms with Crippen molar-refractivity contribution in [3.8, 4) is 0 Å². The summed E-state index contributed by atoms with van der Waals surface area (Å²) < 4.78 is 10.6. The van der Waals surface area contributed by atoms with Crippen LogP contribution in [-0.2, 0) is 11.2 Å². The Bertz CT molecular complexity index is 341. The van der Waals surface area contributed by atoms with Crippen molar-refractivity contribution in [1.29, 1.82) is 0 Å². The van der Waals surface area contributed by atoms with E-state index in [-0.39, 0.29) is 5.60 Å². The number of methoxy groups -OCH3 is 1. The normalized spacial score (nSPS) is 20.4. The third-order valence-electron chi connectivity index (χ3n) is 3.34. The third-order valence-corrected chi connectivity index (χ3v) is 3.34. The summed E-state index contributed by atoms with van der Waals surface area (Å²) in [6.45, 7) is 1.88. The molecule has 0 aromatic carbocycles. The summed E-state index contributed by atoms with van der Waals surface area (Å²) in [5.41, 5.74) is -0.110. The highest BCUT2D eigenvalue weighted by molar-refractivity contribution is 4.99. The minimum absolute atomic E-state index is 0.110. The van der Waals surface area contributed by atoms with Gasteiger partial charge in [0.2, 0.25) is 5.89 Å². The van der Waals surface area contributed by atoms with Gasteiger partial charge in [-0.2, -0.15) is 4.98 Å². The number of hydrogen-bond acceptors (Lipinski definition) is 5. The number of aromatic nitrogens is 2. The minimum atomic E-state index is -0.627. The fourth-order valence-electron chi connectivity index (χ4n) is 1.96. The lowest BCUT2D eigenvalue weighted by atomic mass is 9.77. The number of nitrogens with zero attached hydrogens (tertiary/aromatic N) is 2. The summed E-state index contributed by atoms with van der Waals surface area (Å²) in [5.74, 6) is 0.937. The van der Waals surface area contributed by atoms with Crippen LogP contribution in [0, 0.1) is 0 Å². The molecule has 1 fully saturated rings. The second-order valence-electron chi connectivity index (χ2n) is 4.39. The Hall–Kier alpha value is -0.940. The summed E-state index contributed by atoms with van der Waals surface area (Å²) in [7, 11) is 1.72. The molecule has 0 bridgehead atoms. The molecule has 0 aliphatic heterocycles. The first kappa shape index (κ1) is 11.5. The topological polar surface area (TPSA) is 68.4 Å². The van der Waals surface area contributed by atoms with Gasteiger partial charge in [0.05, 0.1) is 12.0 Å². The van der Waals surface area contributed by atoms with Gasteiger partial charge >= 0.3 is 0 Å². The molecule has 1 N–H and O–H groups in total. The average Bonchev–Trinajstić information content (AvgIpc) is 2.70. The summed E-state index contributed by atoms with van der Waals surface area (Å²) in [6.07, 6.45) is 3.88. The molecular formula is C11H18N2O3. The summed E-state index contributed by atoms with van der Waals surface area (Å²) in [5, 5.41) is 13.3. The molecule has 5 nitrogen and oxygen atoms in total. The van der Waals surface area contributed by atoms with Gasteiger partial charge in [0.1, 0.15) is 6.10 Å². The molecule has 1 aliphatic rings. The van der Waals surface area contributed by atoms with Gasteiger partial charge in [-0.15, -0.1) is 0 Å². The van der Waals surface area contributed by atoms with Crippen LogP contribution in [0.25, 0.3) is 0 Å². The van der Waals surface area contributed by atoms with Gasteiger partial charge in [-0.05, 0) is 25.7 Å². The average molecular weight is 226 g/mol. The van der Waals surface area contributed by atoms with Crippen molar-refractivity contribution in [2.24, 2.45) is 0 Å². The lowest BCUT2D eigenvalue weighted by Gasteiger charge is -2.39. The highest BCUT2D eigenvalue weighted by Crippen LogP contribution is 2.37. The van der Waals surface area contributed by atoms with Crippen LogP contribution in [0.4, 0.5) is 0 Å². The fraction of sp³-hybridized carbons (Fsp3) is 0.818. The first-order chi connectivity index (χ1) is 7.69. The highest BCUT2D eigenvalue weighted by Gasteiger charge is 2.39. The monoisotopic (exact) mass is 226 g/mol. The van der Waals surface area contributed by atoms with E-state index in [1.54, 1.807) is 7.11 Å². The van der Waals surface area contributed by atoms with Crippen molar-refractivity contribution in [3.63, 3.8) is 0 Å². The first-order valence-corrected chi connectivity index (χ1v) is 5.75. The van der Waals surface area contributed by atoms with Gasteiger partial charge in [-0.3, -0.25) is 0 Å². The minimum Gasteiger partial charge on any atom is -0.385 e. The Morgan fingerprint density at radius 1 is 1.56 bits per heavy atom. The Morgan fingerprint density at radius 3 is 2.81 bits per heavy atom. The largest absolute Gasteiger partial charge is 0.385 e. The van der Waals surface area contributed by atoms with E-state index >= 15 is 0 Å². The van der Waals surface area contributed by atoms with Crippen LogP contribution in [0.5, 0.6) is 0 Å². The van der Waals surface area contributed by atoms with E-state index in [2.05, 4.69) is 10.1 Å². The Balaban J connectivity index is 2.02. The lowest BCUT2D eigenvalue weighted by molar-refractivity contribution is -0.0751. The standard InChI is InChI=1S/C11H18N2O3/c1-3-8(14)10-12-9(16-13-10)7-11(15-2)5-4-6-11/h8,14H,3-7H2,1-2H3. The third kappa shape index (κ3) is 2.10. The van der Waals surface area contributed by atoms with Crippen LogP contribution in [0.3, 0.4) is 0 Å². The second-order valence-corrected chi connectivity index (χ2v) is 4.39. The number of aliphatic hydroxyl groups excluding tert-OH is 1. The van der Waals surface area contributed by atoms with Crippen LogP contribution >= 0.6 is 0 Å². The maximum atomic E-state index is 9.55. The van der Waals surface area contributed by atoms with Crippen LogP contribution in [0.15, 0.2) is 4.52 Å². The lowest BCUT2D eigenvalue weighted by Crippen LogP contribution is -2.41. The van der Waals surface area contributed by atoms with Crippen LogP contribution in [0.2, 0.25) is 0 Å². The van der Waals surface area contributed by atoms with Gasteiger partial charge in [-0.25, -0.2) is 0 Å². The van der Waals surface area contributed by atoms with E-state index in [0.29, 0.717) is 24.6 Å². The summed E-state index contributed by atoms with van der Waals surface area (Å²) >= 11 is 0. The van der Waals surface area contributed by atoms with E-state index < -0.39 is 6.10 Å². The molecule has 0 saturated heterocycles. The zero-order valence-corrected chi connectivity index (χ0v) is 9.77. The molecule has 16 heavy (non-hydrogen) atoms. The van der Waals surface area contributed by atoms with Crippen LogP contribution in [0.1, 0.15) is 50.4 Å². The predicted octanol–water partition coefficient (Wildman–Crippen LogP) is 1.62. The second kappa shape index (κ2) is 4.51. The summed E-state index contributed by atoms with van der Waals surface area (Å²) in [6, 6.07) is 0. The highest BCUT2D eigenvalue weighted by atomic mass is 16.5. The zero-order valence-electron chi connectivity index (χ0n) is 9.77. The molecule has 1 unspecified atom stereocenters. The smallest absolute Gasteiger partial charge is 0.229 e. The molecule has 1 heterocycles. The predicted molar refractivity (Wildman–Crippen MR) is 56.8 cm³/mol. The van der Waals surface area contributed by atoms with Gasteiger partial charge in [0.15, 0.2) is 5.82 Å². The molecule has 1 aromatic heterocycles. The van der Waals surface area contributed by atoms with E-state index in [9.17, 15) is 5.11 Å². The van der Waals surface area contributed by atoms with E-state index in [4.69, 9.17) is 9.26 Å². The molecule has 5 heteroatoms. The molecule has 1 aromatic rings. The van der Waals surface area contributed by atoms with E-state index in [1.807, 2.05) is 6.92 Å². The van der Waals surface area contributed by atoms with Crippen molar-refractivity contribution in [2.75, 3.05) is 7.11 Å². The molecule has 0 spiro atoms. The van der Waals surface area contributed by atoms with Crippen LogP contribution < -0.4 is 0 Å². The van der Waals surface area contributed by atoms with Crippen molar-refractivity contribution in [3.05, 3.63) is 11.7 Å². The molecule has 2 rings (SSSR count). The maximum Gasteiger partial charge on any atom is 0.229 e. The zero-order chi connectivity index (χ0) is 11.6. The quantitative estimate of drug-likeness (QED) is 0.826. The SMILES string of the molecule is CCC(O)c1noc(CC2(OC)CCC2)n1. The summed E-state index contributed by atoms with van der Waals surface area (Å²) in [4.78, 5) is 4.19. The number of ether oxygens (including phenoxy) is 1. The van der Waals surface area contributed by atoms with Crippen molar-refractivity contribution < 1.29 is 14.4 Å². The Labute approximate surface area is 94.8 Å². The van der Waals surface area contributed by atoms with E-state index in [0.717, 1.165) is 12.8 Å². The molecule has 0 amide bonds. The Morgan fingerprint density at radius 2 is 2.31 bits per heavy atom. The van der Waals surface area contributed by atoms with Gasteiger partial charge < -0.3 is 14.4 Å². The molecule has 0 radical (unpaired) electrons. The number of hydrogen-bond donors (Lipinski definition) is 1. The van der Waals surface area contributed by atoms with Gasteiger partial charge in [-0.1, -0.05) is 12.1 Å². The molecule has 1 saturated carbocycles. The van der Waals surface area contributed by atoms with Crippen molar-refractivity contribution in [2.45, 2.75) is 50.7 Å². The van der Waals surface area contributed by atoms with Gasteiger partial charge in [0.25, 0.3) is 0 Å². The molecular weight excluding hydrogens is 208 g/mol. The van der Waals surface area contributed by atoms with Crippen LogP contribution in [-0.4, -0.2) is 28.0 Å². The van der Waals surface area contributed by atoms with Crippen molar-refractivity contribution >= 4 is 0 Å². The Kier molecular flexibility index (Phi) is 3.25. The van der Waals surface area contributed by atoms with E-state index in [1.165, 1.54) is 6.42 Å². The molecule has 90 valence electrons. The fourth-order valence-corrected chi connectivity index (χ4v) is 1.96. The number of aliphatic hydroxyl groups is 1. The number of rotatable bonds is 5. The molecule has 1 atom stereocenters. The molecule has 1 aliphatic carbocycles. The van der Waals surface area contributed by atoms with Crippen molar-refractivity contribution in [1.82, 2.24) is 10.1 Å².